The predicted octanol–water partition coefficient (Wildman–Crippen LogP) is 4.23. The van der Waals surface area contributed by atoms with Crippen molar-refractivity contribution < 1.29 is 32.3 Å². The fourth-order valence-corrected chi connectivity index (χ4v) is 7.31. The zero-order valence-corrected chi connectivity index (χ0v) is 19.2. The highest BCUT2D eigenvalue weighted by Crippen LogP contribution is 2.76. The maximum Gasteiger partial charge on any atom is 0.435 e. The van der Waals surface area contributed by atoms with Gasteiger partial charge in [-0.25, -0.2) is 4.39 Å². The molecule has 1 aromatic heterocycles. The number of halogens is 5. The highest BCUT2D eigenvalue weighted by molar-refractivity contribution is 6.30. The van der Waals surface area contributed by atoms with Gasteiger partial charge in [0.05, 0.1) is 24.7 Å². The minimum Gasteiger partial charge on any atom is -0.481 e. The Labute approximate surface area is 202 Å². The third kappa shape index (κ3) is 3.55. The Bertz CT molecular complexity index is 1250. The van der Waals surface area contributed by atoms with Crippen LogP contribution in [0.1, 0.15) is 35.4 Å². The van der Waals surface area contributed by atoms with E-state index in [0.717, 1.165) is 17.2 Å². The van der Waals surface area contributed by atoms with Crippen LogP contribution in [0, 0.1) is 41.3 Å². The van der Waals surface area contributed by atoms with Crippen molar-refractivity contribution >= 4 is 23.5 Å². The van der Waals surface area contributed by atoms with Gasteiger partial charge >= 0.3 is 12.1 Å². The van der Waals surface area contributed by atoms with E-state index in [1.54, 1.807) is 0 Å². The summed E-state index contributed by atoms with van der Waals surface area (Å²) in [7, 11) is 0. The number of carbonyl (C=O) groups is 2. The number of benzene rings is 1. The lowest BCUT2D eigenvalue weighted by molar-refractivity contribution is -0.144. The van der Waals surface area contributed by atoms with Gasteiger partial charge in [0.2, 0.25) is 5.91 Å². The fourth-order valence-electron chi connectivity index (χ4n) is 7.15. The number of carboxylic acid groups (broad SMARTS) is 1. The van der Waals surface area contributed by atoms with Gasteiger partial charge in [0.15, 0.2) is 5.69 Å². The number of aromatic nitrogens is 2. The smallest absolute Gasteiger partial charge is 0.435 e. The Morgan fingerprint density at radius 3 is 2.60 bits per heavy atom. The maximum absolute atomic E-state index is 14.4. The molecule has 2 aromatic rings. The van der Waals surface area contributed by atoms with Crippen LogP contribution in [-0.4, -0.2) is 38.2 Å². The minimum absolute atomic E-state index is 0.000455. The monoisotopic (exact) mass is 511 g/mol. The van der Waals surface area contributed by atoms with Crippen LogP contribution in [0.15, 0.2) is 18.2 Å². The summed E-state index contributed by atoms with van der Waals surface area (Å²) in [6.07, 6.45) is -3.60. The first kappa shape index (κ1) is 22.8. The lowest BCUT2D eigenvalue weighted by Gasteiger charge is -2.30. The second-order valence-electron chi connectivity index (χ2n) is 10.2. The quantitative estimate of drug-likeness (QED) is 0.610. The summed E-state index contributed by atoms with van der Waals surface area (Å²) in [6, 6.07) is 3.95. The summed E-state index contributed by atoms with van der Waals surface area (Å²) in [5.41, 5.74) is -0.584. The number of hydrogen-bond acceptors (Lipinski definition) is 3. The molecule has 11 heteroatoms. The molecule has 6 nitrogen and oxygen atoms in total. The SMILES string of the molecule is O=C(O)[C@H]1C2C3C[C@@H]1C(CC(=O)N1CCc4c(C(F)(F)F)nn(Cc5ccc(Cl)cc5F)c4C1)C32. The van der Waals surface area contributed by atoms with E-state index in [2.05, 4.69) is 5.10 Å². The number of carboxylic acids is 1. The molecule has 0 radical (unpaired) electrons. The van der Waals surface area contributed by atoms with Gasteiger partial charge in [-0.15, -0.1) is 0 Å². The molecule has 186 valence electrons. The summed E-state index contributed by atoms with van der Waals surface area (Å²) >= 11 is 5.79. The van der Waals surface area contributed by atoms with Crippen molar-refractivity contribution in [1.82, 2.24) is 14.7 Å². The maximum atomic E-state index is 14.4. The summed E-state index contributed by atoms with van der Waals surface area (Å²) in [4.78, 5) is 26.3. The van der Waals surface area contributed by atoms with Crippen LogP contribution in [0.5, 0.6) is 0 Å². The summed E-state index contributed by atoms with van der Waals surface area (Å²) in [6.45, 7) is -0.142. The van der Waals surface area contributed by atoms with E-state index < -0.39 is 23.7 Å². The number of hydrogen-bond donors (Lipinski definition) is 1. The molecule has 1 amide bonds. The first-order chi connectivity index (χ1) is 16.5. The lowest BCUT2D eigenvalue weighted by atomic mass is 9.88. The van der Waals surface area contributed by atoms with E-state index in [1.807, 2.05) is 0 Å². The van der Waals surface area contributed by atoms with Crippen molar-refractivity contribution in [1.29, 1.82) is 0 Å². The second kappa shape index (κ2) is 7.69. The van der Waals surface area contributed by atoms with Crippen molar-refractivity contribution in [3.8, 4) is 0 Å². The van der Waals surface area contributed by atoms with Gasteiger partial charge in [-0.2, -0.15) is 18.3 Å². The van der Waals surface area contributed by atoms with Crippen LogP contribution in [-0.2, 0) is 35.3 Å². The number of rotatable bonds is 5. The molecule has 1 aliphatic heterocycles. The Balaban J connectivity index is 1.24. The van der Waals surface area contributed by atoms with E-state index in [9.17, 15) is 32.3 Å². The Morgan fingerprint density at radius 1 is 1.20 bits per heavy atom. The summed E-state index contributed by atoms with van der Waals surface area (Å²) < 4.78 is 56.6. The highest BCUT2D eigenvalue weighted by atomic mass is 35.5. The van der Waals surface area contributed by atoms with Gasteiger partial charge in [-0.3, -0.25) is 14.3 Å². The average Bonchev–Trinajstić information content (AvgIpc) is 3.14. The van der Waals surface area contributed by atoms with Crippen LogP contribution >= 0.6 is 11.6 Å². The molecule has 4 unspecified atom stereocenters. The van der Waals surface area contributed by atoms with E-state index in [-0.39, 0.29) is 89.8 Å². The largest absolute Gasteiger partial charge is 0.481 e. The average molecular weight is 512 g/mol. The molecule has 5 aliphatic rings. The third-order valence-corrected chi connectivity index (χ3v) is 8.78. The fraction of sp³-hybridized carbons (Fsp3) is 0.542. The zero-order chi connectivity index (χ0) is 24.8. The van der Waals surface area contributed by atoms with Gasteiger partial charge in [-0.05, 0) is 54.6 Å². The number of nitrogens with zero attached hydrogens (tertiary/aromatic N) is 3. The molecular weight excluding hydrogens is 490 g/mol. The number of carbonyl (C=O) groups excluding carboxylic acids is 1. The normalized spacial score (nSPS) is 30.5. The van der Waals surface area contributed by atoms with Crippen LogP contribution < -0.4 is 0 Å². The van der Waals surface area contributed by atoms with Crippen LogP contribution in [0.25, 0.3) is 0 Å². The van der Waals surface area contributed by atoms with Crippen molar-refractivity contribution in [2.24, 2.45) is 35.5 Å². The molecule has 4 bridgehead atoms. The minimum atomic E-state index is -4.67. The molecule has 35 heavy (non-hydrogen) atoms. The number of alkyl halides is 3. The highest BCUT2D eigenvalue weighted by Gasteiger charge is 2.75. The number of fused-ring (bicyclic) bond motifs is 1. The van der Waals surface area contributed by atoms with E-state index in [1.165, 1.54) is 17.0 Å². The number of aliphatic carboxylic acids is 1. The first-order valence-corrected chi connectivity index (χ1v) is 12.0. The van der Waals surface area contributed by atoms with Crippen molar-refractivity contribution in [2.75, 3.05) is 6.54 Å². The van der Waals surface area contributed by atoms with E-state index >= 15 is 0 Å². The van der Waals surface area contributed by atoms with Crippen LogP contribution in [0.4, 0.5) is 17.6 Å². The Hall–Kier alpha value is -2.62. The molecule has 6 atom stereocenters. The van der Waals surface area contributed by atoms with Gasteiger partial charge in [-0.1, -0.05) is 17.7 Å². The molecule has 0 spiro atoms. The Kier molecular flexibility index (Phi) is 5.01. The lowest BCUT2D eigenvalue weighted by Crippen LogP contribution is -2.38. The van der Waals surface area contributed by atoms with Crippen LogP contribution in [0.3, 0.4) is 0 Å². The summed E-state index contributed by atoms with van der Waals surface area (Å²) in [5, 5.41) is 13.5. The summed E-state index contributed by atoms with van der Waals surface area (Å²) in [5.74, 6) is -1.11. The third-order valence-electron chi connectivity index (χ3n) is 8.55. The first-order valence-electron chi connectivity index (χ1n) is 11.6. The Morgan fingerprint density at radius 2 is 1.97 bits per heavy atom. The second-order valence-corrected chi connectivity index (χ2v) is 10.6. The topological polar surface area (TPSA) is 75.4 Å². The molecule has 7 rings (SSSR count). The molecule has 2 heterocycles. The van der Waals surface area contributed by atoms with Gasteiger partial charge < -0.3 is 10.0 Å². The van der Waals surface area contributed by atoms with Gasteiger partial charge in [0, 0.05) is 29.1 Å². The molecule has 4 saturated carbocycles. The molecule has 4 fully saturated rings. The zero-order valence-electron chi connectivity index (χ0n) is 18.4. The molecular formula is C24H22ClF4N3O3. The van der Waals surface area contributed by atoms with E-state index in [0.29, 0.717) is 5.92 Å². The number of amides is 1. The molecule has 1 N–H and O–H groups in total. The van der Waals surface area contributed by atoms with Crippen molar-refractivity contribution in [3.05, 3.63) is 51.6 Å². The van der Waals surface area contributed by atoms with Gasteiger partial charge in [0.1, 0.15) is 5.82 Å². The standard InChI is InChI=1S/C24H22ClF4N3O3/c25-11-2-1-10(16(26)5-11)8-32-17-9-31(4-3-12(17)22(30-32)24(27,28)29)18(33)7-14-13-6-15-19(14)20(15)21(13)23(34)35/h1-2,5,13-15,19-21H,3-4,6-9H2,(H,34,35)/t13-,14?,15?,19?,20?,21-/m1/s1. The van der Waals surface area contributed by atoms with Crippen LogP contribution in [0.2, 0.25) is 5.02 Å². The molecule has 1 aromatic carbocycles. The van der Waals surface area contributed by atoms with Crippen molar-refractivity contribution in [2.45, 2.75) is 38.5 Å². The molecule has 4 aliphatic carbocycles. The van der Waals surface area contributed by atoms with Crippen molar-refractivity contribution in [3.63, 3.8) is 0 Å². The van der Waals surface area contributed by atoms with Gasteiger partial charge in [0.25, 0.3) is 0 Å². The van der Waals surface area contributed by atoms with E-state index in [4.69, 9.17) is 11.6 Å². The predicted molar refractivity (Wildman–Crippen MR) is 115 cm³/mol. The molecule has 0 saturated heterocycles.